The first kappa shape index (κ1) is 22.1. The summed E-state index contributed by atoms with van der Waals surface area (Å²) in [7, 11) is 0. The molecule has 0 saturated carbocycles. The summed E-state index contributed by atoms with van der Waals surface area (Å²) >= 11 is 5.16. The maximum atomic E-state index is 13.0. The van der Waals surface area contributed by atoms with Gasteiger partial charge in [-0.2, -0.15) is 0 Å². The Kier molecular flexibility index (Phi) is 6.31. The van der Waals surface area contributed by atoms with E-state index in [9.17, 15) is 24.9 Å². The molecule has 170 valence electrons. The molecule has 4 atom stereocenters. The van der Waals surface area contributed by atoms with E-state index in [1.54, 1.807) is 36.4 Å². The quantitative estimate of drug-likeness (QED) is 0.297. The first-order valence-corrected chi connectivity index (χ1v) is 10.2. The van der Waals surface area contributed by atoms with Crippen LogP contribution in [0, 0.1) is 0 Å². The number of rotatable bonds is 5. The van der Waals surface area contributed by atoms with Gasteiger partial charge in [-0.1, -0.05) is 18.2 Å². The van der Waals surface area contributed by atoms with Crippen LogP contribution >= 0.6 is 12.2 Å². The van der Waals surface area contributed by atoms with Gasteiger partial charge in [0.1, 0.15) is 41.5 Å². The smallest absolute Gasteiger partial charge is 0.269 e. The molecule has 0 bridgehead atoms. The molecule has 4 rings (SSSR count). The van der Waals surface area contributed by atoms with Gasteiger partial charge in [0.25, 0.3) is 11.8 Å². The number of thiocarbonyl (C=S) groups is 1. The molecule has 0 radical (unpaired) electrons. The summed E-state index contributed by atoms with van der Waals surface area (Å²) in [4.78, 5) is 26.5. The standard InChI is InChI=1S/C22H20N2O7S.2H2/c25-16(19-18(27)17(26)11-30-19)10-15-20(28)23-22(32)24(21(15)29)12-6-8-14(9-7-12)31-13-4-2-1-3-5-13;;/h1-10,16-19,25-27H,11H2,(H,23,28,32);2*1H/b15-10+;;/t16-,17+,18-,19+;;/m0../s1. The molecular weight excluding hydrogens is 436 g/mol. The number of aliphatic hydroxyl groups is 3. The summed E-state index contributed by atoms with van der Waals surface area (Å²) < 4.78 is 10.9. The number of benzene rings is 2. The minimum atomic E-state index is -1.50. The van der Waals surface area contributed by atoms with Crippen molar-refractivity contribution in [2.45, 2.75) is 24.4 Å². The minimum Gasteiger partial charge on any atom is -0.457 e. The molecule has 2 heterocycles. The molecule has 2 aromatic rings. The summed E-state index contributed by atoms with van der Waals surface area (Å²) in [5.41, 5.74) is 0.0151. The van der Waals surface area contributed by atoms with Crippen LogP contribution in [-0.2, 0) is 14.3 Å². The predicted octanol–water partition coefficient (Wildman–Crippen LogP) is 1.13. The first-order valence-electron chi connectivity index (χ1n) is 9.75. The average Bonchev–Trinajstić information content (AvgIpc) is 3.11. The lowest BCUT2D eigenvalue weighted by molar-refractivity contribution is -0.122. The lowest BCUT2D eigenvalue weighted by Crippen LogP contribution is -2.54. The Balaban J connectivity index is 0.00000204. The fourth-order valence-corrected chi connectivity index (χ4v) is 3.67. The third kappa shape index (κ3) is 4.40. The van der Waals surface area contributed by atoms with Crippen molar-refractivity contribution >= 4 is 34.8 Å². The highest BCUT2D eigenvalue weighted by Crippen LogP contribution is 2.27. The number of aliphatic hydroxyl groups excluding tert-OH is 3. The molecular formula is C22H24N2O7S. The monoisotopic (exact) mass is 460 g/mol. The molecule has 0 aliphatic carbocycles. The number of amides is 2. The molecule has 2 saturated heterocycles. The second-order valence-electron chi connectivity index (χ2n) is 7.24. The normalized spacial score (nSPS) is 25.7. The van der Waals surface area contributed by atoms with Crippen LogP contribution in [0.2, 0.25) is 0 Å². The topological polar surface area (TPSA) is 129 Å². The number of anilines is 1. The highest BCUT2D eigenvalue weighted by Gasteiger charge is 2.41. The Morgan fingerprint density at radius 3 is 2.41 bits per heavy atom. The van der Waals surface area contributed by atoms with Crippen LogP contribution in [0.15, 0.2) is 66.2 Å². The number of para-hydroxylation sites is 1. The van der Waals surface area contributed by atoms with Crippen LogP contribution in [-0.4, -0.2) is 63.3 Å². The van der Waals surface area contributed by atoms with E-state index < -0.39 is 36.2 Å². The Labute approximate surface area is 191 Å². The summed E-state index contributed by atoms with van der Waals surface area (Å²) in [5.74, 6) is -0.343. The van der Waals surface area contributed by atoms with E-state index in [0.717, 1.165) is 11.0 Å². The van der Waals surface area contributed by atoms with Crippen molar-refractivity contribution < 1.29 is 37.2 Å². The van der Waals surface area contributed by atoms with Crippen molar-refractivity contribution in [2.24, 2.45) is 0 Å². The van der Waals surface area contributed by atoms with Gasteiger partial charge < -0.3 is 24.8 Å². The number of ether oxygens (including phenoxy) is 2. The SMILES string of the molecule is O=C1NC(=S)N(c2ccc(Oc3ccccc3)cc2)C(=O)/C1=C/[C@H](O)[C@H]1OC[C@@H](O)[C@@H]1O.[HH].[HH]. The van der Waals surface area contributed by atoms with Gasteiger partial charge >= 0.3 is 0 Å². The number of hydrogen-bond acceptors (Lipinski definition) is 8. The van der Waals surface area contributed by atoms with E-state index in [2.05, 4.69) is 5.32 Å². The van der Waals surface area contributed by atoms with Gasteiger partial charge in [0.15, 0.2) is 5.11 Å². The zero-order valence-corrected chi connectivity index (χ0v) is 17.4. The largest absolute Gasteiger partial charge is 0.457 e. The van der Waals surface area contributed by atoms with Crippen molar-refractivity contribution in [1.29, 1.82) is 0 Å². The maximum absolute atomic E-state index is 13.0. The zero-order chi connectivity index (χ0) is 22.8. The Morgan fingerprint density at radius 2 is 1.78 bits per heavy atom. The van der Waals surface area contributed by atoms with Crippen LogP contribution < -0.4 is 15.0 Å². The third-order valence-corrected chi connectivity index (χ3v) is 5.32. The van der Waals surface area contributed by atoms with Crippen LogP contribution in [0.5, 0.6) is 11.5 Å². The maximum Gasteiger partial charge on any atom is 0.269 e. The molecule has 0 spiro atoms. The van der Waals surface area contributed by atoms with Gasteiger partial charge in [-0.05, 0) is 54.7 Å². The fraction of sp³-hybridized carbons (Fsp3) is 0.227. The summed E-state index contributed by atoms with van der Waals surface area (Å²) in [5, 5.41) is 32.1. The molecule has 10 heteroatoms. The minimum absolute atomic E-state index is 0. The number of hydrogen-bond donors (Lipinski definition) is 4. The summed E-state index contributed by atoms with van der Waals surface area (Å²) in [6, 6.07) is 15.7. The van der Waals surface area contributed by atoms with Crippen LogP contribution in [0.25, 0.3) is 0 Å². The second kappa shape index (κ2) is 9.15. The van der Waals surface area contributed by atoms with Crippen molar-refractivity contribution in [1.82, 2.24) is 5.32 Å². The van der Waals surface area contributed by atoms with Gasteiger partial charge in [-0.25, -0.2) is 0 Å². The van der Waals surface area contributed by atoms with Crippen LogP contribution in [0.3, 0.4) is 0 Å². The molecule has 2 amide bonds. The van der Waals surface area contributed by atoms with E-state index in [1.807, 2.05) is 18.2 Å². The lowest BCUT2D eigenvalue weighted by atomic mass is 10.0. The van der Waals surface area contributed by atoms with Crippen molar-refractivity contribution in [3.05, 3.63) is 66.2 Å². The second-order valence-corrected chi connectivity index (χ2v) is 7.62. The van der Waals surface area contributed by atoms with Gasteiger partial charge in [-0.3, -0.25) is 19.8 Å². The predicted molar refractivity (Wildman–Crippen MR) is 121 cm³/mol. The molecule has 0 aromatic heterocycles. The van der Waals surface area contributed by atoms with Crippen molar-refractivity contribution in [3.63, 3.8) is 0 Å². The average molecular weight is 461 g/mol. The van der Waals surface area contributed by atoms with Gasteiger partial charge in [-0.15, -0.1) is 0 Å². The number of nitrogens with zero attached hydrogens (tertiary/aromatic N) is 1. The van der Waals surface area contributed by atoms with Crippen molar-refractivity contribution in [2.75, 3.05) is 11.5 Å². The zero-order valence-electron chi connectivity index (χ0n) is 16.6. The highest BCUT2D eigenvalue weighted by atomic mass is 32.1. The van der Waals surface area contributed by atoms with E-state index in [-0.39, 0.29) is 20.1 Å². The molecule has 32 heavy (non-hydrogen) atoms. The van der Waals surface area contributed by atoms with Crippen molar-refractivity contribution in [3.8, 4) is 11.5 Å². The summed E-state index contributed by atoms with van der Waals surface area (Å²) in [6.45, 7) is -0.167. The Morgan fingerprint density at radius 1 is 1.12 bits per heavy atom. The summed E-state index contributed by atoms with van der Waals surface area (Å²) in [6.07, 6.45) is -4.19. The van der Waals surface area contributed by atoms with E-state index in [1.165, 1.54) is 0 Å². The Hall–Kier alpha value is -3.15. The third-order valence-electron chi connectivity index (χ3n) is 5.04. The van der Waals surface area contributed by atoms with E-state index in [4.69, 9.17) is 21.7 Å². The highest BCUT2D eigenvalue weighted by molar-refractivity contribution is 7.80. The number of nitrogens with one attached hydrogen (secondary N) is 1. The Bertz CT molecular complexity index is 1070. The van der Waals surface area contributed by atoms with Gasteiger partial charge in [0, 0.05) is 2.85 Å². The molecule has 2 aliphatic rings. The molecule has 0 unspecified atom stereocenters. The number of carbonyl (C=O) groups is 2. The molecule has 2 fully saturated rings. The molecule has 2 aromatic carbocycles. The van der Waals surface area contributed by atoms with Gasteiger partial charge in [0.2, 0.25) is 0 Å². The first-order chi connectivity index (χ1) is 15.3. The van der Waals surface area contributed by atoms with E-state index in [0.29, 0.717) is 17.2 Å². The van der Waals surface area contributed by atoms with E-state index >= 15 is 0 Å². The number of carbonyl (C=O) groups excluding carboxylic acids is 2. The van der Waals surface area contributed by atoms with Crippen LogP contribution in [0.4, 0.5) is 5.69 Å². The lowest BCUT2D eigenvalue weighted by Gasteiger charge is -2.29. The fourth-order valence-electron chi connectivity index (χ4n) is 3.39. The van der Waals surface area contributed by atoms with Crippen LogP contribution in [0.1, 0.15) is 2.85 Å². The van der Waals surface area contributed by atoms with Gasteiger partial charge in [0.05, 0.1) is 12.3 Å². The molecule has 9 nitrogen and oxygen atoms in total. The molecule has 4 N–H and O–H groups in total. The molecule has 2 aliphatic heterocycles.